The van der Waals surface area contributed by atoms with Crippen molar-refractivity contribution < 1.29 is 4.42 Å². The van der Waals surface area contributed by atoms with E-state index in [-0.39, 0.29) is 0 Å². The van der Waals surface area contributed by atoms with E-state index in [0.29, 0.717) is 0 Å². The van der Waals surface area contributed by atoms with E-state index in [4.69, 9.17) is 4.42 Å². The highest BCUT2D eigenvalue weighted by atomic mass is 16.3. The minimum Gasteiger partial charge on any atom is -0.456 e. The van der Waals surface area contributed by atoms with Gasteiger partial charge in [-0.15, -0.1) is 0 Å². The molecule has 0 radical (unpaired) electrons. The van der Waals surface area contributed by atoms with E-state index < -0.39 is 0 Å². The van der Waals surface area contributed by atoms with Crippen molar-refractivity contribution in [1.29, 1.82) is 0 Å². The van der Waals surface area contributed by atoms with Crippen LogP contribution in [0.2, 0.25) is 0 Å². The van der Waals surface area contributed by atoms with Crippen molar-refractivity contribution in [3.63, 3.8) is 0 Å². The van der Waals surface area contributed by atoms with Crippen LogP contribution >= 0.6 is 0 Å². The number of benzene rings is 9. The van der Waals surface area contributed by atoms with Crippen LogP contribution in [0.15, 0.2) is 229 Å². The molecule has 0 bridgehead atoms. The Labute approximate surface area is 340 Å². The van der Waals surface area contributed by atoms with E-state index >= 15 is 0 Å². The third-order valence-corrected chi connectivity index (χ3v) is 10.7. The van der Waals surface area contributed by atoms with Gasteiger partial charge in [0.25, 0.3) is 0 Å². The topological polar surface area (TPSA) is 16.4 Å². The summed E-state index contributed by atoms with van der Waals surface area (Å²) in [5, 5.41) is 2.27. The van der Waals surface area contributed by atoms with Crippen molar-refractivity contribution in [3.8, 4) is 55.6 Å². The first kappa shape index (κ1) is 36.2. The summed E-state index contributed by atoms with van der Waals surface area (Å²) in [5.74, 6) is 0. The van der Waals surface area contributed by atoms with Crippen molar-refractivity contribution in [2.24, 2.45) is 0 Å². The van der Waals surface area contributed by atoms with Crippen LogP contribution in [0.4, 0.5) is 17.1 Å². The zero-order chi connectivity index (χ0) is 39.3. The second-order valence-electron chi connectivity index (χ2n) is 14.2. The van der Waals surface area contributed by atoms with Gasteiger partial charge in [0.2, 0.25) is 0 Å². The third-order valence-electron chi connectivity index (χ3n) is 10.7. The van der Waals surface area contributed by atoms with Crippen molar-refractivity contribution >= 4 is 39.0 Å². The molecule has 0 aliphatic heterocycles. The Kier molecular flexibility index (Phi) is 10.2. The van der Waals surface area contributed by atoms with Gasteiger partial charge in [0.15, 0.2) is 0 Å². The molecule has 0 fully saturated rings. The number of rotatable bonds is 8. The molecule has 0 aliphatic rings. The fraction of sp³-hybridized carbons (Fsp3) is 0.0357. The largest absolute Gasteiger partial charge is 0.456 e. The molecule has 0 atom stereocenters. The zero-order valence-electron chi connectivity index (χ0n) is 32.7. The van der Waals surface area contributed by atoms with Crippen LogP contribution in [0.1, 0.15) is 13.8 Å². The Morgan fingerprint density at radius 1 is 0.259 bits per heavy atom. The Hall–Kier alpha value is -7.42. The second-order valence-corrected chi connectivity index (χ2v) is 14.2. The number of hydrogen-bond acceptors (Lipinski definition) is 2. The number of nitrogens with zero attached hydrogens (tertiary/aromatic N) is 1. The van der Waals surface area contributed by atoms with E-state index in [9.17, 15) is 0 Å². The number of furan rings is 1. The Morgan fingerprint density at radius 3 is 1.03 bits per heavy atom. The van der Waals surface area contributed by atoms with Crippen LogP contribution < -0.4 is 4.90 Å². The molecule has 0 spiro atoms. The molecule has 2 heteroatoms. The van der Waals surface area contributed by atoms with Crippen molar-refractivity contribution in [2.75, 3.05) is 4.90 Å². The molecule has 10 aromatic rings. The van der Waals surface area contributed by atoms with E-state index in [2.05, 4.69) is 217 Å². The number of para-hydroxylation sites is 1. The molecular formula is C56H43NO. The fourth-order valence-corrected chi connectivity index (χ4v) is 7.78. The zero-order valence-corrected chi connectivity index (χ0v) is 32.7. The van der Waals surface area contributed by atoms with E-state index in [1.807, 2.05) is 26.0 Å². The summed E-state index contributed by atoms with van der Waals surface area (Å²) in [5.41, 5.74) is 17.0. The summed E-state index contributed by atoms with van der Waals surface area (Å²) in [4.78, 5) is 2.34. The van der Waals surface area contributed by atoms with Crippen LogP contribution in [0, 0.1) is 0 Å². The molecule has 0 saturated heterocycles. The van der Waals surface area contributed by atoms with E-state index in [0.717, 1.165) is 50.1 Å². The summed E-state index contributed by atoms with van der Waals surface area (Å²) >= 11 is 0. The SMILES string of the molecule is CC.c1ccc(-c2cccc(-c3ccc(N(c4ccc(-c5cccc(-c6ccccc6)c5)cc4)c4ccc(-c5ccc6oc7ccccc7c6c5)cc4)cc3)c2)cc1. The molecule has 0 aliphatic carbocycles. The molecule has 0 amide bonds. The minimum absolute atomic E-state index is 0.906. The minimum atomic E-state index is 0.906. The van der Waals surface area contributed by atoms with Gasteiger partial charge in [0.1, 0.15) is 11.2 Å². The first-order valence-electron chi connectivity index (χ1n) is 20.1. The maximum Gasteiger partial charge on any atom is 0.135 e. The summed E-state index contributed by atoms with van der Waals surface area (Å²) in [6.45, 7) is 4.00. The number of hydrogen-bond donors (Lipinski definition) is 0. The normalized spacial score (nSPS) is 10.9. The highest BCUT2D eigenvalue weighted by Crippen LogP contribution is 2.39. The van der Waals surface area contributed by atoms with Crippen molar-refractivity contribution in [2.45, 2.75) is 13.8 Å². The lowest BCUT2D eigenvalue weighted by molar-refractivity contribution is 0.669. The first-order chi connectivity index (χ1) is 28.7. The smallest absolute Gasteiger partial charge is 0.135 e. The highest BCUT2D eigenvalue weighted by Gasteiger charge is 2.15. The summed E-state index contributed by atoms with van der Waals surface area (Å²) < 4.78 is 6.11. The molecule has 10 rings (SSSR count). The van der Waals surface area contributed by atoms with E-state index in [1.165, 1.54) is 44.5 Å². The molecular weight excluding hydrogens is 703 g/mol. The second kappa shape index (κ2) is 16.4. The molecule has 0 N–H and O–H groups in total. The average Bonchev–Trinajstić information content (AvgIpc) is 3.69. The van der Waals surface area contributed by atoms with Crippen LogP contribution in [0.25, 0.3) is 77.6 Å². The predicted octanol–water partition coefficient (Wildman–Crippen LogP) is 16.4. The van der Waals surface area contributed by atoms with Crippen LogP contribution in [0.3, 0.4) is 0 Å². The molecule has 1 aromatic heterocycles. The van der Waals surface area contributed by atoms with Gasteiger partial charge in [0, 0.05) is 27.8 Å². The Morgan fingerprint density at radius 2 is 0.586 bits per heavy atom. The van der Waals surface area contributed by atoms with E-state index in [1.54, 1.807) is 0 Å². The van der Waals surface area contributed by atoms with Crippen LogP contribution in [0.5, 0.6) is 0 Å². The Bertz CT molecular complexity index is 2800. The maximum atomic E-state index is 6.11. The molecule has 9 aromatic carbocycles. The Balaban J connectivity index is 0.00000215. The van der Waals surface area contributed by atoms with Gasteiger partial charge in [-0.05, 0) is 122 Å². The van der Waals surface area contributed by atoms with Crippen molar-refractivity contribution in [3.05, 3.63) is 224 Å². The van der Waals surface area contributed by atoms with Gasteiger partial charge in [-0.1, -0.05) is 172 Å². The van der Waals surface area contributed by atoms with Crippen LogP contribution in [-0.4, -0.2) is 0 Å². The van der Waals surface area contributed by atoms with Gasteiger partial charge in [-0.3, -0.25) is 0 Å². The van der Waals surface area contributed by atoms with Gasteiger partial charge in [-0.25, -0.2) is 0 Å². The quantitative estimate of drug-likeness (QED) is 0.154. The summed E-state index contributed by atoms with van der Waals surface area (Å²) in [6.07, 6.45) is 0. The fourth-order valence-electron chi connectivity index (χ4n) is 7.78. The van der Waals surface area contributed by atoms with Crippen molar-refractivity contribution in [1.82, 2.24) is 0 Å². The summed E-state index contributed by atoms with van der Waals surface area (Å²) in [7, 11) is 0. The number of anilines is 3. The number of fused-ring (bicyclic) bond motifs is 3. The maximum absolute atomic E-state index is 6.11. The monoisotopic (exact) mass is 745 g/mol. The van der Waals surface area contributed by atoms with Gasteiger partial charge < -0.3 is 9.32 Å². The molecule has 58 heavy (non-hydrogen) atoms. The summed E-state index contributed by atoms with van der Waals surface area (Å²) in [6, 6.07) is 80.1. The van der Waals surface area contributed by atoms with Gasteiger partial charge in [-0.2, -0.15) is 0 Å². The first-order valence-corrected chi connectivity index (χ1v) is 20.1. The molecule has 0 saturated carbocycles. The molecule has 0 unspecified atom stereocenters. The van der Waals surface area contributed by atoms with Gasteiger partial charge in [0.05, 0.1) is 0 Å². The lowest BCUT2D eigenvalue weighted by Crippen LogP contribution is -2.09. The lowest BCUT2D eigenvalue weighted by Gasteiger charge is -2.26. The lowest BCUT2D eigenvalue weighted by atomic mass is 9.98. The highest BCUT2D eigenvalue weighted by molar-refractivity contribution is 6.06. The van der Waals surface area contributed by atoms with Gasteiger partial charge >= 0.3 is 0 Å². The molecule has 278 valence electrons. The average molecular weight is 746 g/mol. The van der Waals surface area contributed by atoms with Crippen LogP contribution in [-0.2, 0) is 0 Å². The predicted molar refractivity (Wildman–Crippen MR) is 247 cm³/mol. The standard InChI is InChI=1S/C54H37NO.C2H6/c1-3-11-38(12-4-1)43-15-9-17-45(35-43)40-21-28-48(29-22-40)55(49-30-23-41(24-31-49)46-18-10-16-44(36-46)39-13-5-2-6-14-39)50-32-25-42(26-33-50)47-27-34-54-52(37-47)51-19-7-8-20-53(51)56-54;1-2/h1-37H;1-2H3. The molecule has 1 heterocycles. The molecule has 2 nitrogen and oxygen atoms in total. The third kappa shape index (κ3) is 7.32.